The van der Waals surface area contributed by atoms with Gasteiger partial charge in [-0.2, -0.15) is 0 Å². The Morgan fingerprint density at radius 1 is 0.800 bits per heavy atom. The first kappa shape index (κ1) is 23.1. The van der Waals surface area contributed by atoms with Gasteiger partial charge in [0.05, 0.1) is 36.4 Å². The Labute approximate surface area is 181 Å². The highest BCUT2D eigenvalue weighted by Crippen LogP contribution is 2.27. The van der Waals surface area contributed by atoms with E-state index >= 15 is 0 Å². The second-order valence-electron chi connectivity index (χ2n) is 8.18. The molecule has 0 atom stereocenters. The molecule has 166 valence electrons. The second kappa shape index (κ2) is 12.3. The summed E-state index contributed by atoms with van der Waals surface area (Å²) < 4.78 is 15.5. The second-order valence-corrected chi connectivity index (χ2v) is 8.95. The van der Waals surface area contributed by atoms with E-state index in [9.17, 15) is 9.59 Å². The van der Waals surface area contributed by atoms with E-state index in [2.05, 4.69) is 9.37 Å². The molecule has 0 bridgehead atoms. The van der Waals surface area contributed by atoms with Crippen LogP contribution in [0.1, 0.15) is 84.9 Å². The van der Waals surface area contributed by atoms with Crippen molar-refractivity contribution >= 4 is 24.0 Å². The SMILES string of the molecule is O=C(OCC1CCCCC1)c1cc(SOOO)cc(C(=O)OCC2CCCCC2)c1. The van der Waals surface area contributed by atoms with Crippen molar-refractivity contribution in [2.75, 3.05) is 13.2 Å². The molecular weight excluding hydrogens is 408 g/mol. The molecule has 1 aromatic rings. The lowest BCUT2D eigenvalue weighted by molar-refractivity contribution is -0.432. The molecule has 2 fully saturated rings. The topological polar surface area (TPSA) is 91.3 Å². The van der Waals surface area contributed by atoms with Gasteiger partial charge in [0.15, 0.2) is 0 Å². The summed E-state index contributed by atoms with van der Waals surface area (Å²) in [7, 11) is 0. The van der Waals surface area contributed by atoms with Crippen molar-refractivity contribution in [1.82, 2.24) is 0 Å². The Bertz CT molecular complexity index is 644. The lowest BCUT2D eigenvalue weighted by atomic mass is 9.90. The number of hydrogen-bond acceptors (Lipinski definition) is 8. The van der Waals surface area contributed by atoms with Crippen molar-refractivity contribution in [3.63, 3.8) is 0 Å². The quantitative estimate of drug-likeness (QED) is 0.231. The standard InChI is InChI=1S/C22H30O7S/c23-21(26-14-16-7-3-1-4-8-16)18-11-19(13-20(12-18)30-29-28-25)22(24)27-15-17-9-5-2-6-10-17/h11-13,16-17,25H,1-10,14-15H2. The molecule has 1 N–H and O–H groups in total. The van der Waals surface area contributed by atoms with Crippen LogP contribution in [0.25, 0.3) is 0 Å². The van der Waals surface area contributed by atoms with Crippen LogP contribution in [0.5, 0.6) is 0 Å². The number of ether oxygens (including phenoxy) is 2. The molecule has 0 aromatic heterocycles. The van der Waals surface area contributed by atoms with Gasteiger partial charge >= 0.3 is 11.9 Å². The van der Waals surface area contributed by atoms with E-state index in [-0.39, 0.29) is 11.1 Å². The molecular formula is C22H30O7S. The van der Waals surface area contributed by atoms with Gasteiger partial charge in [-0.05, 0) is 55.7 Å². The van der Waals surface area contributed by atoms with Crippen LogP contribution in [0.15, 0.2) is 23.1 Å². The van der Waals surface area contributed by atoms with Gasteiger partial charge in [-0.25, -0.2) is 14.8 Å². The molecule has 0 radical (unpaired) electrons. The van der Waals surface area contributed by atoms with E-state index in [1.165, 1.54) is 56.7 Å². The van der Waals surface area contributed by atoms with Crippen molar-refractivity contribution in [2.24, 2.45) is 11.8 Å². The summed E-state index contributed by atoms with van der Waals surface area (Å²) in [4.78, 5) is 25.6. The van der Waals surface area contributed by atoms with Gasteiger partial charge in [0.2, 0.25) is 0 Å². The highest BCUT2D eigenvalue weighted by atomic mass is 32.2. The smallest absolute Gasteiger partial charge is 0.338 e. The van der Waals surface area contributed by atoms with Crippen LogP contribution in [-0.2, 0) is 18.8 Å². The number of carbonyl (C=O) groups excluding carboxylic acids is 2. The van der Waals surface area contributed by atoms with Crippen molar-refractivity contribution < 1.29 is 33.7 Å². The molecule has 30 heavy (non-hydrogen) atoms. The maximum atomic E-state index is 12.6. The minimum atomic E-state index is -0.491. The zero-order chi connectivity index (χ0) is 21.2. The number of rotatable bonds is 9. The van der Waals surface area contributed by atoms with E-state index in [1.54, 1.807) is 0 Å². The molecule has 2 aliphatic rings. The van der Waals surface area contributed by atoms with Gasteiger partial charge in [-0.3, -0.25) is 0 Å². The zero-order valence-corrected chi connectivity index (χ0v) is 18.0. The van der Waals surface area contributed by atoms with Gasteiger partial charge in [0.25, 0.3) is 0 Å². The van der Waals surface area contributed by atoms with Gasteiger partial charge in [-0.1, -0.05) is 43.6 Å². The zero-order valence-electron chi connectivity index (χ0n) is 17.2. The van der Waals surface area contributed by atoms with Gasteiger partial charge < -0.3 is 9.47 Å². The van der Waals surface area contributed by atoms with Crippen LogP contribution in [0.3, 0.4) is 0 Å². The minimum absolute atomic E-state index is 0.238. The van der Waals surface area contributed by atoms with E-state index in [4.69, 9.17) is 14.7 Å². The van der Waals surface area contributed by atoms with E-state index in [1.807, 2.05) is 0 Å². The Morgan fingerprint density at radius 2 is 1.27 bits per heavy atom. The molecule has 0 unspecified atom stereocenters. The monoisotopic (exact) mass is 438 g/mol. The van der Waals surface area contributed by atoms with Gasteiger partial charge in [0, 0.05) is 4.90 Å². The van der Waals surface area contributed by atoms with Crippen molar-refractivity contribution in [1.29, 1.82) is 0 Å². The fraction of sp³-hybridized carbons (Fsp3) is 0.636. The Morgan fingerprint density at radius 3 is 1.70 bits per heavy atom. The van der Waals surface area contributed by atoms with Gasteiger partial charge in [0.1, 0.15) is 0 Å². The summed E-state index contributed by atoms with van der Waals surface area (Å²) >= 11 is 0.688. The third kappa shape index (κ3) is 7.27. The van der Waals surface area contributed by atoms with Crippen LogP contribution >= 0.6 is 12.0 Å². The molecule has 0 aliphatic heterocycles. The lowest BCUT2D eigenvalue weighted by Crippen LogP contribution is -2.18. The predicted octanol–water partition coefficient (Wildman–Crippen LogP) is 5.59. The molecule has 0 saturated heterocycles. The van der Waals surface area contributed by atoms with Crippen molar-refractivity contribution in [2.45, 2.75) is 69.1 Å². The fourth-order valence-electron chi connectivity index (χ4n) is 4.20. The maximum absolute atomic E-state index is 12.6. The van der Waals surface area contributed by atoms with Crippen LogP contribution in [0.4, 0.5) is 0 Å². The van der Waals surface area contributed by atoms with E-state index in [0.29, 0.717) is 42.0 Å². The number of benzene rings is 1. The lowest BCUT2D eigenvalue weighted by Gasteiger charge is -2.21. The largest absolute Gasteiger partial charge is 0.462 e. The van der Waals surface area contributed by atoms with E-state index < -0.39 is 11.9 Å². The first-order chi connectivity index (χ1) is 14.7. The molecule has 0 heterocycles. The Balaban J connectivity index is 1.63. The average molecular weight is 439 g/mol. The van der Waals surface area contributed by atoms with Crippen LogP contribution < -0.4 is 0 Å². The molecule has 0 spiro atoms. The molecule has 2 saturated carbocycles. The molecule has 2 aliphatic carbocycles. The summed E-state index contributed by atoms with van der Waals surface area (Å²) in [5.74, 6) is -0.193. The Hall–Kier alpha value is -1.61. The molecule has 3 rings (SSSR count). The molecule has 8 heteroatoms. The summed E-state index contributed by atoms with van der Waals surface area (Å²) in [6, 6.07) is 4.55. The third-order valence-corrected chi connectivity index (χ3v) is 6.45. The first-order valence-electron chi connectivity index (χ1n) is 10.8. The first-order valence-corrected chi connectivity index (χ1v) is 11.5. The number of carbonyl (C=O) groups is 2. The fourth-order valence-corrected chi connectivity index (χ4v) is 4.66. The van der Waals surface area contributed by atoms with Crippen molar-refractivity contribution in [3.05, 3.63) is 29.3 Å². The highest BCUT2D eigenvalue weighted by Gasteiger charge is 2.20. The van der Waals surface area contributed by atoms with Crippen LogP contribution in [0.2, 0.25) is 0 Å². The summed E-state index contributed by atoms with van der Waals surface area (Å²) in [6.07, 6.45) is 11.5. The third-order valence-electron chi connectivity index (χ3n) is 5.89. The summed E-state index contributed by atoms with van der Waals surface area (Å²) in [5.41, 5.74) is 0.476. The molecule has 0 amide bonds. The van der Waals surface area contributed by atoms with E-state index in [0.717, 1.165) is 25.7 Å². The van der Waals surface area contributed by atoms with Gasteiger partial charge in [-0.15, -0.1) is 4.33 Å². The normalized spacial score (nSPS) is 18.2. The van der Waals surface area contributed by atoms with Crippen molar-refractivity contribution in [3.8, 4) is 0 Å². The minimum Gasteiger partial charge on any atom is -0.462 e. The number of esters is 2. The molecule has 1 aromatic carbocycles. The highest BCUT2D eigenvalue weighted by molar-refractivity contribution is 7.94. The predicted molar refractivity (Wildman–Crippen MR) is 111 cm³/mol. The summed E-state index contributed by atoms with van der Waals surface area (Å²) in [5, 5.41) is 12.0. The van der Waals surface area contributed by atoms with Crippen LogP contribution in [0, 0.1) is 11.8 Å². The number of hydrogen-bond donors (Lipinski definition) is 1. The molecule has 7 nitrogen and oxygen atoms in total. The maximum Gasteiger partial charge on any atom is 0.338 e. The summed E-state index contributed by atoms with van der Waals surface area (Å²) in [6.45, 7) is 0.766. The Kier molecular flexibility index (Phi) is 9.45. The van der Waals surface area contributed by atoms with Crippen LogP contribution in [-0.4, -0.2) is 30.4 Å². The average Bonchev–Trinajstić information content (AvgIpc) is 2.80.